The van der Waals surface area contributed by atoms with E-state index >= 15 is 0 Å². The van der Waals surface area contributed by atoms with Crippen molar-refractivity contribution in [3.8, 4) is 5.75 Å². The Kier molecular flexibility index (Phi) is 4.96. The molecule has 0 unspecified atom stereocenters. The topological polar surface area (TPSA) is 9.23 Å². The van der Waals surface area contributed by atoms with Gasteiger partial charge in [-0.15, -0.1) is 0 Å². The van der Waals surface area contributed by atoms with Crippen LogP contribution in [0.4, 0.5) is 0 Å². The predicted molar refractivity (Wildman–Crippen MR) is 65.3 cm³/mol. The monoisotopic (exact) mass is 204 g/mol. The molecule has 0 atom stereocenters. The number of hydrogen-bond acceptors (Lipinski definition) is 1. The molecular weight excluding hydrogens is 184 g/mol. The van der Waals surface area contributed by atoms with Crippen LogP contribution in [0.5, 0.6) is 5.75 Å². The van der Waals surface area contributed by atoms with Gasteiger partial charge in [0, 0.05) is 0 Å². The third kappa shape index (κ3) is 4.68. The van der Waals surface area contributed by atoms with Crippen molar-refractivity contribution in [1.82, 2.24) is 0 Å². The number of allylic oxidation sites excluding steroid dienone is 1. The molecule has 1 aromatic rings. The van der Waals surface area contributed by atoms with Crippen LogP contribution in [-0.2, 0) is 6.42 Å². The van der Waals surface area contributed by atoms with Crippen LogP contribution in [0, 0.1) is 5.92 Å². The first-order valence-corrected chi connectivity index (χ1v) is 5.55. The summed E-state index contributed by atoms with van der Waals surface area (Å²) in [5, 5.41) is 0. The molecular formula is C14H20O. The first-order chi connectivity index (χ1) is 7.22. The van der Waals surface area contributed by atoms with Crippen molar-refractivity contribution in [3.05, 3.63) is 42.0 Å². The van der Waals surface area contributed by atoms with E-state index in [-0.39, 0.29) is 0 Å². The van der Waals surface area contributed by atoms with Crippen molar-refractivity contribution in [1.29, 1.82) is 0 Å². The molecule has 0 N–H and O–H groups in total. The molecule has 0 saturated carbocycles. The number of rotatable bonds is 5. The molecule has 0 aliphatic heterocycles. The lowest BCUT2D eigenvalue weighted by Gasteiger charge is -2.07. The lowest BCUT2D eigenvalue weighted by atomic mass is 10.0. The molecule has 0 spiro atoms. The van der Waals surface area contributed by atoms with Crippen LogP contribution >= 0.6 is 0 Å². The van der Waals surface area contributed by atoms with Crippen molar-refractivity contribution in [3.63, 3.8) is 0 Å². The summed E-state index contributed by atoms with van der Waals surface area (Å²) in [7, 11) is 0. The molecule has 0 fully saturated rings. The van der Waals surface area contributed by atoms with Crippen LogP contribution in [0.2, 0.25) is 0 Å². The summed E-state index contributed by atoms with van der Waals surface area (Å²) < 4.78 is 5.58. The first-order valence-electron chi connectivity index (χ1n) is 5.55. The Morgan fingerprint density at radius 2 is 2.13 bits per heavy atom. The molecule has 0 amide bonds. The number of hydrogen-bond donors (Lipinski definition) is 0. The molecule has 1 aromatic carbocycles. The standard InChI is InChI=1S/C14H20O/c1-4-5-9-15-14-8-6-7-13(11-14)10-12(2)3/h4-8,11-12H,9-10H2,1-3H3/b5-4+. The summed E-state index contributed by atoms with van der Waals surface area (Å²) in [6, 6.07) is 8.35. The van der Waals surface area contributed by atoms with Crippen LogP contribution in [-0.4, -0.2) is 6.61 Å². The quantitative estimate of drug-likeness (QED) is 0.662. The van der Waals surface area contributed by atoms with Gasteiger partial charge < -0.3 is 4.74 Å². The molecule has 0 radical (unpaired) electrons. The molecule has 15 heavy (non-hydrogen) atoms. The first kappa shape index (κ1) is 11.8. The molecule has 0 bridgehead atoms. The summed E-state index contributed by atoms with van der Waals surface area (Å²) in [6.07, 6.45) is 5.12. The lowest BCUT2D eigenvalue weighted by molar-refractivity contribution is 0.362. The maximum absolute atomic E-state index is 5.58. The minimum Gasteiger partial charge on any atom is -0.490 e. The van der Waals surface area contributed by atoms with Gasteiger partial charge in [0.15, 0.2) is 0 Å². The summed E-state index contributed by atoms with van der Waals surface area (Å²) in [5.74, 6) is 1.65. The molecule has 0 heterocycles. The van der Waals surface area contributed by atoms with Crippen LogP contribution in [0.3, 0.4) is 0 Å². The average Bonchev–Trinajstić information content (AvgIpc) is 2.18. The summed E-state index contributed by atoms with van der Waals surface area (Å²) in [6.45, 7) is 7.11. The second-order valence-electron chi connectivity index (χ2n) is 4.13. The van der Waals surface area contributed by atoms with Crippen molar-refractivity contribution in [2.24, 2.45) is 5.92 Å². The maximum Gasteiger partial charge on any atom is 0.120 e. The van der Waals surface area contributed by atoms with Gasteiger partial charge in [0.1, 0.15) is 12.4 Å². The van der Waals surface area contributed by atoms with E-state index in [1.54, 1.807) is 0 Å². The molecule has 0 aliphatic rings. The Labute approximate surface area is 92.8 Å². The van der Waals surface area contributed by atoms with E-state index in [2.05, 4.69) is 32.0 Å². The van der Waals surface area contributed by atoms with Gasteiger partial charge in [-0.05, 0) is 37.0 Å². The Morgan fingerprint density at radius 1 is 1.33 bits per heavy atom. The fraction of sp³-hybridized carbons (Fsp3) is 0.429. The minimum absolute atomic E-state index is 0.654. The normalized spacial score (nSPS) is 11.2. The van der Waals surface area contributed by atoms with Crippen LogP contribution < -0.4 is 4.74 Å². The van der Waals surface area contributed by atoms with Gasteiger partial charge in [0.25, 0.3) is 0 Å². The van der Waals surface area contributed by atoms with Crippen molar-refractivity contribution >= 4 is 0 Å². The molecule has 1 heteroatoms. The van der Waals surface area contributed by atoms with E-state index in [1.165, 1.54) is 5.56 Å². The molecule has 1 rings (SSSR count). The van der Waals surface area contributed by atoms with E-state index in [4.69, 9.17) is 4.74 Å². The molecule has 0 saturated heterocycles. The number of benzene rings is 1. The van der Waals surface area contributed by atoms with Crippen molar-refractivity contribution in [2.45, 2.75) is 27.2 Å². The van der Waals surface area contributed by atoms with E-state index < -0.39 is 0 Å². The summed E-state index contributed by atoms with van der Waals surface area (Å²) in [4.78, 5) is 0. The van der Waals surface area contributed by atoms with Crippen LogP contribution in [0.1, 0.15) is 26.3 Å². The highest BCUT2D eigenvalue weighted by atomic mass is 16.5. The second kappa shape index (κ2) is 6.28. The van der Waals surface area contributed by atoms with Gasteiger partial charge in [0.05, 0.1) is 0 Å². The predicted octanol–water partition coefficient (Wildman–Crippen LogP) is 3.84. The Morgan fingerprint density at radius 3 is 2.80 bits per heavy atom. The van der Waals surface area contributed by atoms with Crippen molar-refractivity contribution in [2.75, 3.05) is 6.61 Å². The zero-order chi connectivity index (χ0) is 11.1. The van der Waals surface area contributed by atoms with Gasteiger partial charge in [-0.25, -0.2) is 0 Å². The summed E-state index contributed by atoms with van der Waals surface area (Å²) in [5.41, 5.74) is 1.35. The molecule has 1 nitrogen and oxygen atoms in total. The average molecular weight is 204 g/mol. The SMILES string of the molecule is C/C=C/COc1cccc(CC(C)C)c1. The van der Waals surface area contributed by atoms with Crippen LogP contribution in [0.25, 0.3) is 0 Å². The van der Waals surface area contributed by atoms with Crippen LogP contribution in [0.15, 0.2) is 36.4 Å². The Balaban J connectivity index is 2.57. The molecule has 0 aliphatic carbocycles. The fourth-order valence-corrected chi connectivity index (χ4v) is 1.47. The Bertz CT molecular complexity index is 313. The van der Waals surface area contributed by atoms with E-state index in [0.717, 1.165) is 12.2 Å². The zero-order valence-corrected chi connectivity index (χ0v) is 9.86. The lowest BCUT2D eigenvalue weighted by Crippen LogP contribution is -1.96. The van der Waals surface area contributed by atoms with Gasteiger partial charge in [-0.1, -0.05) is 38.1 Å². The third-order valence-electron chi connectivity index (χ3n) is 2.12. The second-order valence-corrected chi connectivity index (χ2v) is 4.13. The van der Waals surface area contributed by atoms with Gasteiger partial charge in [0.2, 0.25) is 0 Å². The Hall–Kier alpha value is -1.24. The summed E-state index contributed by atoms with van der Waals surface area (Å²) >= 11 is 0. The van der Waals surface area contributed by atoms with E-state index in [0.29, 0.717) is 12.5 Å². The van der Waals surface area contributed by atoms with Gasteiger partial charge in [-0.3, -0.25) is 0 Å². The largest absolute Gasteiger partial charge is 0.490 e. The highest BCUT2D eigenvalue weighted by Crippen LogP contribution is 2.16. The fourth-order valence-electron chi connectivity index (χ4n) is 1.47. The van der Waals surface area contributed by atoms with Gasteiger partial charge in [-0.2, -0.15) is 0 Å². The highest BCUT2D eigenvalue weighted by Gasteiger charge is 1.99. The van der Waals surface area contributed by atoms with Crippen molar-refractivity contribution < 1.29 is 4.74 Å². The minimum atomic E-state index is 0.654. The number of ether oxygens (including phenoxy) is 1. The van der Waals surface area contributed by atoms with E-state index in [1.807, 2.05) is 25.1 Å². The smallest absolute Gasteiger partial charge is 0.120 e. The molecule has 0 aromatic heterocycles. The highest BCUT2D eigenvalue weighted by molar-refractivity contribution is 5.28. The van der Waals surface area contributed by atoms with Gasteiger partial charge >= 0.3 is 0 Å². The maximum atomic E-state index is 5.58. The zero-order valence-electron chi connectivity index (χ0n) is 9.86. The molecule has 82 valence electrons. The third-order valence-corrected chi connectivity index (χ3v) is 2.12. The van der Waals surface area contributed by atoms with E-state index in [9.17, 15) is 0 Å².